The minimum Gasteiger partial charge on any atom is -0.484 e. The van der Waals surface area contributed by atoms with Gasteiger partial charge in [0, 0.05) is 24.4 Å². The fraction of sp³-hybridized carbons (Fsp3) is 0.150. The molecule has 0 N–H and O–H groups in total. The predicted molar refractivity (Wildman–Crippen MR) is 108 cm³/mol. The first-order valence-electron chi connectivity index (χ1n) is 8.60. The normalized spacial score (nSPS) is 10.9. The van der Waals surface area contributed by atoms with Crippen LogP contribution in [0.15, 0.2) is 70.3 Å². The van der Waals surface area contributed by atoms with Crippen molar-refractivity contribution in [1.29, 1.82) is 0 Å². The number of thioether (sulfide) groups is 1. The van der Waals surface area contributed by atoms with E-state index in [0.717, 1.165) is 22.2 Å². The van der Waals surface area contributed by atoms with Crippen molar-refractivity contribution in [3.63, 3.8) is 0 Å². The van der Waals surface area contributed by atoms with Gasteiger partial charge in [-0.15, -0.1) is 10.2 Å². The number of hydrogen-bond donors (Lipinski definition) is 0. The molecule has 0 bridgehead atoms. The van der Waals surface area contributed by atoms with Gasteiger partial charge in [-0.05, 0) is 12.1 Å². The zero-order chi connectivity index (χ0) is 19.3. The second kappa shape index (κ2) is 8.50. The number of benzene rings is 2. The van der Waals surface area contributed by atoms with Crippen molar-refractivity contribution in [3.8, 4) is 17.1 Å². The van der Waals surface area contributed by atoms with Gasteiger partial charge >= 0.3 is 0 Å². The zero-order valence-corrected chi connectivity index (χ0v) is 16.7. The first-order valence-corrected chi connectivity index (χ1v) is 9.96. The summed E-state index contributed by atoms with van der Waals surface area (Å²) in [6, 6.07) is 19.2. The van der Waals surface area contributed by atoms with E-state index in [-0.39, 0.29) is 6.61 Å². The predicted octanol–water partition coefficient (Wildman–Crippen LogP) is 4.99. The Labute approximate surface area is 171 Å². The number of halogens is 1. The van der Waals surface area contributed by atoms with E-state index in [4.69, 9.17) is 20.9 Å². The molecule has 0 aliphatic rings. The molecule has 0 saturated heterocycles. The molecular weight excluding hydrogens is 396 g/mol. The van der Waals surface area contributed by atoms with E-state index in [0.29, 0.717) is 22.3 Å². The lowest BCUT2D eigenvalue weighted by molar-refractivity contribution is 0.290. The van der Waals surface area contributed by atoms with E-state index in [9.17, 15) is 0 Å². The summed E-state index contributed by atoms with van der Waals surface area (Å²) in [4.78, 5) is 0. The largest absolute Gasteiger partial charge is 0.484 e. The number of aromatic nitrogens is 4. The maximum absolute atomic E-state index is 6.11. The second-order valence-corrected chi connectivity index (χ2v) is 7.36. The van der Waals surface area contributed by atoms with Crippen molar-refractivity contribution in [2.45, 2.75) is 17.5 Å². The van der Waals surface area contributed by atoms with E-state index in [1.807, 2.05) is 66.2 Å². The van der Waals surface area contributed by atoms with Gasteiger partial charge in [-0.25, -0.2) is 0 Å². The third-order valence-corrected chi connectivity index (χ3v) is 5.45. The first-order chi connectivity index (χ1) is 13.7. The smallest absolute Gasteiger partial charge is 0.191 e. The van der Waals surface area contributed by atoms with Crippen LogP contribution >= 0.6 is 23.4 Å². The van der Waals surface area contributed by atoms with Gasteiger partial charge in [0.1, 0.15) is 12.4 Å². The highest BCUT2D eigenvalue weighted by Gasteiger charge is 2.13. The Morgan fingerprint density at radius 1 is 1.07 bits per heavy atom. The Hall–Kier alpha value is -2.77. The summed E-state index contributed by atoms with van der Waals surface area (Å²) >= 11 is 7.65. The fourth-order valence-corrected chi connectivity index (χ4v) is 3.56. The van der Waals surface area contributed by atoms with Crippen LogP contribution in [-0.4, -0.2) is 19.9 Å². The molecule has 0 fully saturated rings. The molecule has 8 heteroatoms. The van der Waals surface area contributed by atoms with Crippen LogP contribution in [0.3, 0.4) is 0 Å². The van der Waals surface area contributed by atoms with Gasteiger partial charge in [0.25, 0.3) is 0 Å². The molecule has 0 spiro atoms. The van der Waals surface area contributed by atoms with Crippen molar-refractivity contribution < 1.29 is 9.26 Å². The molecule has 0 amide bonds. The van der Waals surface area contributed by atoms with Crippen molar-refractivity contribution in [2.24, 2.45) is 7.05 Å². The average molecular weight is 413 g/mol. The second-order valence-electron chi connectivity index (χ2n) is 6.01. The molecule has 2 aromatic carbocycles. The van der Waals surface area contributed by atoms with Gasteiger partial charge in [0.2, 0.25) is 0 Å². The van der Waals surface area contributed by atoms with E-state index in [2.05, 4.69) is 15.4 Å². The monoisotopic (exact) mass is 412 g/mol. The summed E-state index contributed by atoms with van der Waals surface area (Å²) in [6.07, 6.45) is 0. The summed E-state index contributed by atoms with van der Waals surface area (Å²) in [5, 5.41) is 13.9. The Bertz CT molecular complexity index is 1070. The van der Waals surface area contributed by atoms with Crippen LogP contribution in [0, 0.1) is 0 Å². The molecule has 2 aromatic heterocycles. The molecule has 4 aromatic rings. The van der Waals surface area contributed by atoms with Gasteiger partial charge in [-0.3, -0.25) is 0 Å². The molecule has 0 aliphatic heterocycles. The molecule has 142 valence electrons. The molecule has 0 saturated carbocycles. The topological polar surface area (TPSA) is 66.0 Å². The van der Waals surface area contributed by atoms with E-state index >= 15 is 0 Å². The highest BCUT2D eigenvalue weighted by molar-refractivity contribution is 7.98. The summed E-state index contributed by atoms with van der Waals surface area (Å²) in [7, 11) is 1.91. The van der Waals surface area contributed by atoms with Crippen LogP contribution in [0.4, 0.5) is 0 Å². The maximum Gasteiger partial charge on any atom is 0.191 e. The van der Waals surface area contributed by atoms with Crippen LogP contribution in [0.5, 0.6) is 5.75 Å². The highest BCUT2D eigenvalue weighted by Crippen LogP contribution is 2.26. The van der Waals surface area contributed by atoms with Crippen LogP contribution in [-0.2, 0) is 19.4 Å². The average Bonchev–Trinajstić information content (AvgIpc) is 3.33. The lowest BCUT2D eigenvalue weighted by Gasteiger charge is -2.07. The molecular formula is C20H17ClN4O2S. The van der Waals surface area contributed by atoms with Crippen molar-refractivity contribution in [2.75, 3.05) is 0 Å². The van der Waals surface area contributed by atoms with Crippen LogP contribution in [0.25, 0.3) is 11.3 Å². The minimum atomic E-state index is 0.288. The minimum absolute atomic E-state index is 0.288. The van der Waals surface area contributed by atoms with E-state index in [1.54, 1.807) is 6.07 Å². The number of hydrogen-bond acceptors (Lipinski definition) is 6. The van der Waals surface area contributed by atoms with Gasteiger partial charge in [0.15, 0.2) is 16.7 Å². The molecule has 0 radical (unpaired) electrons. The standard InChI is InChI=1S/C20H17ClN4O2S/c1-25-19(12-26-17-10-6-5-9-16(17)21)22-23-20(25)28-13-15-11-18(27-24-15)14-7-3-2-4-8-14/h2-11H,12-13H2,1H3. The lowest BCUT2D eigenvalue weighted by atomic mass is 10.2. The lowest BCUT2D eigenvalue weighted by Crippen LogP contribution is -2.04. The van der Waals surface area contributed by atoms with Crippen LogP contribution in [0.2, 0.25) is 5.02 Å². The SMILES string of the molecule is Cn1c(COc2ccccc2Cl)nnc1SCc1cc(-c2ccccc2)on1. The Balaban J connectivity index is 1.37. The summed E-state index contributed by atoms with van der Waals surface area (Å²) in [6.45, 7) is 0.288. The fourth-order valence-electron chi connectivity index (χ4n) is 2.56. The zero-order valence-electron chi connectivity index (χ0n) is 15.1. The maximum atomic E-state index is 6.11. The van der Waals surface area contributed by atoms with Gasteiger partial charge in [-0.1, -0.05) is 71.0 Å². The van der Waals surface area contributed by atoms with Crippen LogP contribution in [0.1, 0.15) is 11.5 Å². The van der Waals surface area contributed by atoms with Gasteiger partial charge < -0.3 is 13.8 Å². The highest BCUT2D eigenvalue weighted by atomic mass is 35.5. The summed E-state index contributed by atoms with van der Waals surface area (Å²) in [5.74, 6) is 2.72. The molecule has 2 heterocycles. The summed E-state index contributed by atoms with van der Waals surface area (Å²) in [5.41, 5.74) is 1.85. The quantitative estimate of drug-likeness (QED) is 0.398. The molecule has 28 heavy (non-hydrogen) atoms. The van der Waals surface area contributed by atoms with Gasteiger partial charge in [0.05, 0.1) is 10.7 Å². The molecule has 6 nitrogen and oxygen atoms in total. The molecule has 0 atom stereocenters. The number of rotatable bonds is 7. The van der Waals surface area contributed by atoms with Crippen molar-refractivity contribution in [1.82, 2.24) is 19.9 Å². The van der Waals surface area contributed by atoms with E-state index in [1.165, 1.54) is 11.8 Å². The summed E-state index contributed by atoms with van der Waals surface area (Å²) < 4.78 is 13.1. The third kappa shape index (κ3) is 4.21. The Kier molecular flexibility index (Phi) is 5.64. The van der Waals surface area contributed by atoms with Crippen molar-refractivity contribution >= 4 is 23.4 Å². The van der Waals surface area contributed by atoms with Crippen LogP contribution < -0.4 is 4.74 Å². The first kappa shape index (κ1) is 18.6. The number of ether oxygens (including phenoxy) is 1. The Morgan fingerprint density at radius 2 is 1.86 bits per heavy atom. The molecule has 0 unspecified atom stereocenters. The van der Waals surface area contributed by atoms with Gasteiger partial charge in [-0.2, -0.15) is 0 Å². The molecule has 4 rings (SSSR count). The number of nitrogens with zero attached hydrogens (tertiary/aromatic N) is 4. The van der Waals surface area contributed by atoms with E-state index < -0.39 is 0 Å². The molecule has 0 aliphatic carbocycles. The number of para-hydroxylation sites is 1. The third-order valence-electron chi connectivity index (χ3n) is 4.08. The Morgan fingerprint density at radius 3 is 2.68 bits per heavy atom. The van der Waals surface area contributed by atoms with Crippen molar-refractivity contribution in [3.05, 3.63) is 77.2 Å².